The van der Waals surface area contributed by atoms with Crippen molar-refractivity contribution in [3.8, 4) is 0 Å². The largest absolute Gasteiger partial charge is 0.303 e. The second-order valence-electron chi connectivity index (χ2n) is 2.77. The molecule has 0 spiro atoms. The van der Waals surface area contributed by atoms with Gasteiger partial charge >= 0.3 is 0 Å². The maximum absolute atomic E-state index is 12.7. The van der Waals surface area contributed by atoms with Crippen LogP contribution in [0.15, 0.2) is 23.3 Å². The molecule has 0 amide bonds. The molecule has 0 radical (unpaired) electrons. The zero-order valence-electron chi connectivity index (χ0n) is 7.46. The molecule has 0 aromatic heterocycles. The SMILES string of the molecule is CN(C)/N=C/c1ccc(F)c(F)c1. The van der Waals surface area contributed by atoms with Crippen molar-refractivity contribution < 1.29 is 8.78 Å². The number of halogens is 2. The normalized spacial score (nSPS) is 10.8. The summed E-state index contributed by atoms with van der Waals surface area (Å²) < 4.78 is 25.1. The average molecular weight is 184 g/mol. The van der Waals surface area contributed by atoms with Crippen LogP contribution in [0.1, 0.15) is 5.56 Å². The molecule has 0 aliphatic rings. The molecular weight excluding hydrogens is 174 g/mol. The zero-order valence-corrected chi connectivity index (χ0v) is 7.46. The van der Waals surface area contributed by atoms with Crippen molar-refractivity contribution in [2.45, 2.75) is 0 Å². The lowest BCUT2D eigenvalue weighted by atomic mass is 10.2. The van der Waals surface area contributed by atoms with Crippen LogP contribution < -0.4 is 0 Å². The van der Waals surface area contributed by atoms with Crippen LogP contribution in [0.2, 0.25) is 0 Å². The van der Waals surface area contributed by atoms with Crippen LogP contribution in [0.5, 0.6) is 0 Å². The van der Waals surface area contributed by atoms with E-state index in [-0.39, 0.29) is 0 Å². The van der Waals surface area contributed by atoms with Crippen molar-refractivity contribution in [3.63, 3.8) is 0 Å². The molecule has 1 rings (SSSR count). The second kappa shape index (κ2) is 3.98. The zero-order chi connectivity index (χ0) is 9.84. The van der Waals surface area contributed by atoms with Gasteiger partial charge in [-0.1, -0.05) is 6.07 Å². The molecule has 4 heteroatoms. The van der Waals surface area contributed by atoms with E-state index >= 15 is 0 Å². The van der Waals surface area contributed by atoms with Gasteiger partial charge in [-0.15, -0.1) is 0 Å². The Morgan fingerprint density at radius 1 is 1.23 bits per heavy atom. The van der Waals surface area contributed by atoms with Gasteiger partial charge in [0.05, 0.1) is 6.21 Å². The third kappa shape index (κ3) is 2.82. The first-order chi connectivity index (χ1) is 6.09. The van der Waals surface area contributed by atoms with Crippen molar-refractivity contribution >= 4 is 6.21 Å². The van der Waals surface area contributed by atoms with E-state index in [9.17, 15) is 8.78 Å². The number of hydrazone groups is 1. The topological polar surface area (TPSA) is 15.6 Å². The van der Waals surface area contributed by atoms with E-state index in [1.54, 1.807) is 19.1 Å². The Labute approximate surface area is 75.5 Å². The Morgan fingerprint density at radius 2 is 1.92 bits per heavy atom. The molecule has 0 atom stereocenters. The first kappa shape index (κ1) is 9.64. The highest BCUT2D eigenvalue weighted by molar-refractivity contribution is 5.79. The van der Waals surface area contributed by atoms with Crippen LogP contribution in [0, 0.1) is 11.6 Å². The third-order valence-electron chi connectivity index (χ3n) is 1.38. The fraction of sp³-hybridized carbons (Fsp3) is 0.222. The van der Waals surface area contributed by atoms with Crippen LogP contribution in [-0.4, -0.2) is 25.3 Å². The minimum Gasteiger partial charge on any atom is -0.303 e. The summed E-state index contributed by atoms with van der Waals surface area (Å²) in [6.45, 7) is 0. The van der Waals surface area contributed by atoms with Crippen LogP contribution in [0.25, 0.3) is 0 Å². The molecular formula is C9H10F2N2. The number of hydrogen-bond acceptors (Lipinski definition) is 2. The lowest BCUT2D eigenvalue weighted by Crippen LogP contribution is -2.02. The van der Waals surface area contributed by atoms with Gasteiger partial charge < -0.3 is 5.01 Å². The molecule has 0 unspecified atom stereocenters. The van der Waals surface area contributed by atoms with E-state index in [1.165, 1.54) is 12.3 Å². The van der Waals surface area contributed by atoms with E-state index in [2.05, 4.69) is 5.10 Å². The number of hydrogen-bond donors (Lipinski definition) is 0. The average Bonchev–Trinajstić information content (AvgIpc) is 2.07. The van der Waals surface area contributed by atoms with Gasteiger partial charge in [0.15, 0.2) is 11.6 Å². The second-order valence-corrected chi connectivity index (χ2v) is 2.77. The molecule has 13 heavy (non-hydrogen) atoms. The molecule has 0 saturated carbocycles. The van der Waals surface area contributed by atoms with E-state index in [0.29, 0.717) is 5.56 Å². The van der Waals surface area contributed by atoms with Gasteiger partial charge in [0.25, 0.3) is 0 Å². The van der Waals surface area contributed by atoms with E-state index in [1.807, 2.05) is 0 Å². The maximum atomic E-state index is 12.7. The number of nitrogens with zero attached hydrogens (tertiary/aromatic N) is 2. The molecule has 70 valence electrons. The standard InChI is InChI=1S/C9H10F2N2/c1-13(2)12-6-7-3-4-8(10)9(11)5-7/h3-6H,1-2H3/b12-6+. The van der Waals surface area contributed by atoms with Crippen molar-refractivity contribution in [1.82, 2.24) is 5.01 Å². The van der Waals surface area contributed by atoms with Crippen molar-refractivity contribution in [2.24, 2.45) is 5.10 Å². The Bertz CT molecular complexity index is 321. The molecule has 1 aromatic rings. The van der Waals surface area contributed by atoms with Crippen molar-refractivity contribution in [3.05, 3.63) is 35.4 Å². The highest BCUT2D eigenvalue weighted by atomic mass is 19.2. The molecule has 0 aliphatic carbocycles. The smallest absolute Gasteiger partial charge is 0.159 e. The summed E-state index contributed by atoms with van der Waals surface area (Å²) in [7, 11) is 3.49. The Balaban J connectivity index is 2.85. The predicted octanol–water partition coefficient (Wildman–Crippen LogP) is 1.86. The van der Waals surface area contributed by atoms with Crippen LogP contribution in [0.3, 0.4) is 0 Å². The summed E-state index contributed by atoms with van der Waals surface area (Å²) in [5, 5.41) is 5.46. The van der Waals surface area contributed by atoms with Crippen LogP contribution in [-0.2, 0) is 0 Å². The predicted molar refractivity (Wildman–Crippen MR) is 47.6 cm³/mol. The summed E-state index contributed by atoms with van der Waals surface area (Å²) in [5.41, 5.74) is 0.535. The van der Waals surface area contributed by atoms with Crippen molar-refractivity contribution in [2.75, 3.05) is 14.1 Å². The highest BCUT2D eigenvalue weighted by Crippen LogP contribution is 2.06. The summed E-state index contributed by atoms with van der Waals surface area (Å²) in [5.74, 6) is -1.70. The molecule has 0 bridgehead atoms. The number of rotatable bonds is 2. The quantitative estimate of drug-likeness (QED) is 0.506. The Hall–Kier alpha value is -1.45. The maximum Gasteiger partial charge on any atom is 0.159 e. The molecule has 2 nitrogen and oxygen atoms in total. The van der Waals surface area contributed by atoms with Crippen LogP contribution in [0.4, 0.5) is 8.78 Å². The molecule has 0 saturated heterocycles. The fourth-order valence-corrected chi connectivity index (χ4v) is 0.775. The van der Waals surface area contributed by atoms with Gasteiger partial charge in [-0.3, -0.25) is 0 Å². The van der Waals surface area contributed by atoms with Gasteiger partial charge in [-0.05, 0) is 17.7 Å². The van der Waals surface area contributed by atoms with Gasteiger partial charge in [-0.25, -0.2) is 8.78 Å². The van der Waals surface area contributed by atoms with Crippen molar-refractivity contribution in [1.29, 1.82) is 0 Å². The molecule has 0 fully saturated rings. The Kier molecular flexibility index (Phi) is 2.95. The minimum atomic E-state index is -0.859. The van der Waals surface area contributed by atoms with Gasteiger partial charge in [0.1, 0.15) is 0 Å². The molecule has 0 N–H and O–H groups in total. The first-order valence-electron chi connectivity index (χ1n) is 3.76. The van der Waals surface area contributed by atoms with Gasteiger partial charge in [0.2, 0.25) is 0 Å². The Morgan fingerprint density at radius 3 is 2.46 bits per heavy atom. The van der Waals surface area contributed by atoms with E-state index in [0.717, 1.165) is 12.1 Å². The molecule has 0 aliphatic heterocycles. The minimum absolute atomic E-state index is 0.535. The summed E-state index contributed by atoms with van der Waals surface area (Å²) >= 11 is 0. The van der Waals surface area contributed by atoms with Crippen LogP contribution >= 0.6 is 0 Å². The number of benzene rings is 1. The van der Waals surface area contributed by atoms with E-state index in [4.69, 9.17) is 0 Å². The van der Waals surface area contributed by atoms with E-state index < -0.39 is 11.6 Å². The lowest BCUT2D eigenvalue weighted by molar-refractivity contribution is 0.440. The first-order valence-corrected chi connectivity index (χ1v) is 3.76. The summed E-state index contributed by atoms with van der Waals surface area (Å²) in [4.78, 5) is 0. The molecule has 1 aromatic carbocycles. The lowest BCUT2D eigenvalue weighted by Gasteiger charge is -2.02. The highest BCUT2D eigenvalue weighted by Gasteiger charge is 1.99. The van der Waals surface area contributed by atoms with Gasteiger partial charge in [0, 0.05) is 14.1 Å². The summed E-state index contributed by atoms with van der Waals surface area (Å²) in [6, 6.07) is 3.64. The fourth-order valence-electron chi connectivity index (χ4n) is 0.775. The summed E-state index contributed by atoms with van der Waals surface area (Å²) in [6.07, 6.45) is 1.46. The third-order valence-corrected chi connectivity index (χ3v) is 1.38. The monoisotopic (exact) mass is 184 g/mol. The molecule has 0 heterocycles. The van der Waals surface area contributed by atoms with Gasteiger partial charge in [-0.2, -0.15) is 5.10 Å².